The minimum Gasteiger partial charge on any atom is -0.367 e. The second-order valence-electron chi connectivity index (χ2n) is 10.7. The van der Waals surface area contributed by atoms with E-state index in [4.69, 9.17) is 0 Å². The van der Waals surface area contributed by atoms with Gasteiger partial charge in [0.1, 0.15) is 5.54 Å². The lowest BCUT2D eigenvalue weighted by molar-refractivity contribution is -0.139. The van der Waals surface area contributed by atoms with Gasteiger partial charge in [0.2, 0.25) is 11.8 Å². The Hall–Kier alpha value is -3.62. The van der Waals surface area contributed by atoms with Gasteiger partial charge in [-0.15, -0.1) is 0 Å². The van der Waals surface area contributed by atoms with Crippen LogP contribution in [0.4, 0.5) is 0 Å². The quantitative estimate of drug-likeness (QED) is 0.574. The minimum atomic E-state index is -1.22. The predicted octanol–water partition coefficient (Wildman–Crippen LogP) is 2.59. The van der Waals surface area contributed by atoms with E-state index in [0.29, 0.717) is 44.0 Å². The first-order valence-corrected chi connectivity index (χ1v) is 13.7. The van der Waals surface area contributed by atoms with Crippen LogP contribution in [-0.2, 0) is 26.3 Å². The zero-order chi connectivity index (χ0) is 27.1. The molecule has 1 saturated heterocycles. The van der Waals surface area contributed by atoms with E-state index < -0.39 is 5.54 Å². The number of nitrogens with zero attached hydrogens (tertiary/aromatic N) is 2. The van der Waals surface area contributed by atoms with Crippen LogP contribution < -0.4 is 10.6 Å². The summed E-state index contributed by atoms with van der Waals surface area (Å²) in [7, 11) is 0. The largest absolute Gasteiger partial charge is 0.367 e. The number of aromatic amines is 1. The van der Waals surface area contributed by atoms with Crippen molar-refractivity contribution in [2.45, 2.75) is 57.9 Å². The fourth-order valence-electron chi connectivity index (χ4n) is 5.40. The van der Waals surface area contributed by atoms with Crippen molar-refractivity contribution in [2.24, 2.45) is 5.92 Å². The van der Waals surface area contributed by atoms with E-state index >= 15 is 0 Å². The number of aromatic nitrogens is 1. The van der Waals surface area contributed by atoms with Crippen molar-refractivity contribution < 1.29 is 19.2 Å². The number of carbonyl (C=O) groups is 4. The average molecular weight is 522 g/mol. The van der Waals surface area contributed by atoms with E-state index in [9.17, 15) is 19.2 Å². The smallest absolute Gasteiger partial charge is 0.255 e. The maximum absolute atomic E-state index is 13.8. The van der Waals surface area contributed by atoms with Gasteiger partial charge in [-0.05, 0) is 55.2 Å². The zero-order valence-corrected chi connectivity index (χ0v) is 22.4. The van der Waals surface area contributed by atoms with Crippen LogP contribution in [0.5, 0.6) is 0 Å². The first-order chi connectivity index (χ1) is 18.3. The lowest BCUT2D eigenvalue weighted by atomic mass is 9.75. The summed E-state index contributed by atoms with van der Waals surface area (Å²) in [4.78, 5) is 59.8. The van der Waals surface area contributed by atoms with Gasteiger partial charge >= 0.3 is 0 Å². The van der Waals surface area contributed by atoms with Gasteiger partial charge in [0.25, 0.3) is 11.8 Å². The lowest BCUT2D eigenvalue weighted by Crippen LogP contribution is -2.60. The minimum absolute atomic E-state index is 0.102. The van der Waals surface area contributed by atoms with Gasteiger partial charge < -0.3 is 25.4 Å². The van der Waals surface area contributed by atoms with Gasteiger partial charge in [-0.25, -0.2) is 0 Å². The van der Waals surface area contributed by atoms with E-state index in [1.54, 1.807) is 28.3 Å². The molecular formula is C29H39N5O4. The van der Waals surface area contributed by atoms with E-state index in [2.05, 4.69) is 29.5 Å². The molecule has 1 aromatic carbocycles. The summed E-state index contributed by atoms with van der Waals surface area (Å²) >= 11 is 0. The number of amides is 4. The van der Waals surface area contributed by atoms with Crippen LogP contribution in [-0.4, -0.2) is 71.1 Å². The molecule has 0 radical (unpaired) electrons. The summed E-state index contributed by atoms with van der Waals surface area (Å²) in [6.07, 6.45) is 6.87. The third kappa shape index (κ3) is 6.26. The predicted molar refractivity (Wildman–Crippen MR) is 144 cm³/mol. The van der Waals surface area contributed by atoms with Crippen LogP contribution >= 0.6 is 0 Å². The summed E-state index contributed by atoms with van der Waals surface area (Å²) in [6, 6.07) is 9.44. The maximum Gasteiger partial charge on any atom is 0.255 e. The Kier molecular flexibility index (Phi) is 8.86. The monoisotopic (exact) mass is 521 g/mol. The van der Waals surface area contributed by atoms with Crippen LogP contribution in [0.25, 0.3) is 0 Å². The highest BCUT2D eigenvalue weighted by atomic mass is 16.2. The molecule has 3 N–H and O–H groups in total. The third-order valence-corrected chi connectivity index (χ3v) is 7.50. The second-order valence-corrected chi connectivity index (χ2v) is 10.7. The van der Waals surface area contributed by atoms with E-state index in [0.717, 1.165) is 30.4 Å². The first-order valence-electron chi connectivity index (χ1n) is 13.7. The van der Waals surface area contributed by atoms with Crippen molar-refractivity contribution in [1.82, 2.24) is 25.4 Å². The molecule has 0 saturated carbocycles. The first kappa shape index (κ1) is 27.4. The van der Waals surface area contributed by atoms with Crippen molar-refractivity contribution >= 4 is 23.6 Å². The van der Waals surface area contributed by atoms with Gasteiger partial charge in [0, 0.05) is 45.0 Å². The Morgan fingerprint density at radius 2 is 1.87 bits per heavy atom. The fourth-order valence-corrected chi connectivity index (χ4v) is 5.40. The van der Waals surface area contributed by atoms with Crippen LogP contribution in [0.2, 0.25) is 0 Å². The van der Waals surface area contributed by atoms with E-state index in [1.165, 1.54) is 0 Å². The molecule has 9 heteroatoms. The van der Waals surface area contributed by atoms with Crippen molar-refractivity contribution in [2.75, 3.05) is 32.7 Å². The number of nitrogens with one attached hydrogen (secondary N) is 3. The van der Waals surface area contributed by atoms with Gasteiger partial charge in [0.05, 0.1) is 12.1 Å². The third-order valence-electron chi connectivity index (χ3n) is 7.50. The molecule has 38 heavy (non-hydrogen) atoms. The van der Waals surface area contributed by atoms with E-state index in [1.807, 2.05) is 24.3 Å². The molecule has 1 aliphatic heterocycles. The molecule has 2 aliphatic rings. The Labute approximate surface area is 224 Å². The highest BCUT2D eigenvalue weighted by Crippen LogP contribution is 2.35. The highest BCUT2D eigenvalue weighted by molar-refractivity contribution is 5.95. The van der Waals surface area contributed by atoms with Crippen molar-refractivity contribution in [3.05, 3.63) is 59.4 Å². The number of rotatable bonds is 4. The summed E-state index contributed by atoms with van der Waals surface area (Å²) in [6.45, 7) is 5.44. The fraction of sp³-hybridized carbons (Fsp3) is 0.517. The van der Waals surface area contributed by atoms with Crippen molar-refractivity contribution in [3.63, 3.8) is 0 Å². The summed E-state index contributed by atoms with van der Waals surface area (Å²) in [5.41, 5.74) is 1.14. The maximum atomic E-state index is 13.8. The van der Waals surface area contributed by atoms with Gasteiger partial charge in [-0.3, -0.25) is 19.2 Å². The number of hydrogen-bond donors (Lipinski definition) is 3. The lowest BCUT2D eigenvalue weighted by Gasteiger charge is -2.39. The van der Waals surface area contributed by atoms with Crippen LogP contribution in [0, 0.1) is 5.92 Å². The molecule has 2 heterocycles. The topological polar surface area (TPSA) is 115 Å². The van der Waals surface area contributed by atoms with Crippen LogP contribution in [0.3, 0.4) is 0 Å². The number of H-pyrrole nitrogens is 1. The molecule has 204 valence electrons. The van der Waals surface area contributed by atoms with Crippen molar-refractivity contribution in [1.29, 1.82) is 0 Å². The Balaban J connectivity index is 1.64. The summed E-state index contributed by atoms with van der Waals surface area (Å²) in [5, 5.41) is 6.07. The summed E-state index contributed by atoms with van der Waals surface area (Å²) < 4.78 is 0. The van der Waals surface area contributed by atoms with E-state index in [-0.39, 0.29) is 43.1 Å². The molecule has 4 amide bonds. The highest BCUT2D eigenvalue weighted by Gasteiger charge is 2.44. The molecule has 1 unspecified atom stereocenters. The molecular weight excluding hydrogens is 482 g/mol. The normalized spacial score (nSPS) is 21.6. The Bertz CT molecular complexity index is 1150. The molecule has 1 spiro atoms. The van der Waals surface area contributed by atoms with Gasteiger partial charge in [0.15, 0.2) is 0 Å². The standard InChI is InChI=1S/C29H39N5O4/c1-21(2)12-17-34-20-25(35)32-29(13-5-8-22-7-3-4-9-24(22)29)28(38)31-15-18-33(16-6-10-26(34)36)27(37)23-11-14-30-19-23/h3-4,7,9,11,14,19,21,30H,5-6,8,10,12-13,15-18,20H2,1-2H3,(H,31,38)(H,32,35). The van der Waals surface area contributed by atoms with Crippen LogP contribution in [0.1, 0.15) is 67.4 Å². The molecule has 9 nitrogen and oxygen atoms in total. The molecule has 1 aromatic heterocycles. The molecule has 1 fully saturated rings. The number of benzene rings is 1. The summed E-state index contributed by atoms with van der Waals surface area (Å²) in [5.74, 6) is -0.521. The van der Waals surface area contributed by atoms with Crippen molar-refractivity contribution in [3.8, 4) is 0 Å². The second kappa shape index (κ2) is 12.3. The molecule has 2 aromatic rings. The number of hydrogen-bond acceptors (Lipinski definition) is 4. The SMILES string of the molecule is CC(C)CCN1CC(=O)NC2(CCCc3ccccc32)C(=O)NCCN(C(=O)c2cc[nH]c2)CCCC1=O. The molecule has 4 rings (SSSR count). The van der Waals surface area contributed by atoms with Gasteiger partial charge in [-0.2, -0.15) is 0 Å². The van der Waals surface area contributed by atoms with Crippen LogP contribution in [0.15, 0.2) is 42.7 Å². The molecule has 1 aliphatic carbocycles. The van der Waals surface area contributed by atoms with Gasteiger partial charge in [-0.1, -0.05) is 38.1 Å². The Morgan fingerprint density at radius 3 is 2.63 bits per heavy atom. The Morgan fingerprint density at radius 1 is 1.05 bits per heavy atom. The number of carbonyl (C=O) groups excluding carboxylic acids is 4. The average Bonchev–Trinajstić information content (AvgIpc) is 3.44. The number of aryl methyl sites for hydroxylation is 1. The zero-order valence-electron chi connectivity index (χ0n) is 22.4. The molecule has 0 bridgehead atoms. The number of fused-ring (bicyclic) bond motifs is 2. The molecule has 1 atom stereocenters.